The first-order valence-corrected chi connectivity index (χ1v) is 9.71. The molecule has 0 aliphatic carbocycles. The fraction of sp³-hybridized carbons (Fsp3) is 0.278. The molecule has 2 aromatic rings. The van der Waals surface area contributed by atoms with Crippen molar-refractivity contribution in [2.45, 2.75) is 11.4 Å². The molecule has 7 nitrogen and oxygen atoms in total. The van der Waals surface area contributed by atoms with Gasteiger partial charge in [-0.1, -0.05) is 18.2 Å². The fourth-order valence-corrected chi connectivity index (χ4v) is 3.49. The topological polar surface area (TPSA) is 88.8 Å². The number of ether oxygens (including phenoxy) is 1. The number of hydrogen-bond donors (Lipinski definition) is 1. The van der Waals surface area contributed by atoms with Gasteiger partial charge >= 0.3 is 0 Å². The Labute approximate surface area is 152 Å². The number of amides is 1. The van der Waals surface area contributed by atoms with E-state index in [0.717, 1.165) is 0 Å². The number of sulfonamides is 1. The molecule has 1 aromatic heterocycles. The average molecular weight is 376 g/mol. The second-order valence-corrected chi connectivity index (χ2v) is 7.48. The number of rotatable bonds is 6. The third-order valence-electron chi connectivity index (χ3n) is 3.89. The summed E-state index contributed by atoms with van der Waals surface area (Å²) in [5.74, 6) is 0.847. The van der Waals surface area contributed by atoms with Crippen LogP contribution in [0, 0.1) is 0 Å². The zero-order valence-electron chi connectivity index (χ0n) is 14.1. The Hall–Kier alpha value is -2.42. The lowest BCUT2D eigenvalue weighted by Gasteiger charge is -2.25. The summed E-state index contributed by atoms with van der Waals surface area (Å²) < 4.78 is 37.6. The molecule has 0 unspecified atom stereocenters. The molecule has 1 aliphatic rings. The molecule has 0 spiro atoms. The van der Waals surface area contributed by atoms with Crippen molar-refractivity contribution in [3.05, 3.63) is 60.1 Å². The molecule has 3 rings (SSSR count). The van der Waals surface area contributed by atoms with Crippen LogP contribution in [0.4, 0.5) is 0 Å². The largest absolute Gasteiger partial charge is 0.460 e. The van der Waals surface area contributed by atoms with Gasteiger partial charge in [0.15, 0.2) is 0 Å². The van der Waals surface area contributed by atoms with Gasteiger partial charge in [-0.05, 0) is 30.3 Å². The van der Waals surface area contributed by atoms with E-state index in [0.29, 0.717) is 37.8 Å². The zero-order valence-corrected chi connectivity index (χ0v) is 14.9. The van der Waals surface area contributed by atoms with Gasteiger partial charge in [-0.3, -0.25) is 4.79 Å². The van der Waals surface area contributed by atoms with Gasteiger partial charge in [0.25, 0.3) is 0 Å². The van der Waals surface area contributed by atoms with Gasteiger partial charge < -0.3 is 14.1 Å². The van der Waals surface area contributed by atoms with Crippen LogP contribution < -0.4 is 4.72 Å². The number of furan rings is 1. The molecule has 2 heterocycles. The molecule has 1 amide bonds. The van der Waals surface area contributed by atoms with Crippen molar-refractivity contribution in [3.8, 4) is 0 Å². The predicted molar refractivity (Wildman–Crippen MR) is 95.6 cm³/mol. The molecule has 1 aliphatic heterocycles. The maximum absolute atomic E-state index is 12.2. The maximum atomic E-state index is 12.2. The Morgan fingerprint density at radius 2 is 1.85 bits per heavy atom. The summed E-state index contributed by atoms with van der Waals surface area (Å²) in [5.41, 5.74) is 0. The van der Waals surface area contributed by atoms with Crippen LogP contribution in [-0.4, -0.2) is 45.5 Å². The minimum atomic E-state index is -3.59. The van der Waals surface area contributed by atoms with Crippen molar-refractivity contribution >= 4 is 22.0 Å². The molecule has 1 aromatic carbocycles. The molecular weight excluding hydrogens is 356 g/mol. The predicted octanol–water partition coefficient (Wildman–Crippen LogP) is 1.63. The van der Waals surface area contributed by atoms with Gasteiger partial charge in [-0.2, -0.15) is 0 Å². The van der Waals surface area contributed by atoms with E-state index < -0.39 is 10.0 Å². The van der Waals surface area contributed by atoms with E-state index in [4.69, 9.17) is 9.15 Å². The summed E-state index contributed by atoms with van der Waals surface area (Å²) in [6.07, 6.45) is 3.02. The number of morpholine rings is 1. The van der Waals surface area contributed by atoms with Crippen LogP contribution in [0.5, 0.6) is 0 Å². The smallest absolute Gasteiger partial charge is 0.246 e. The highest BCUT2D eigenvalue weighted by molar-refractivity contribution is 7.89. The highest BCUT2D eigenvalue weighted by Gasteiger charge is 2.15. The molecule has 8 heteroatoms. The standard InChI is InChI=1S/C18H20N2O5S/c21-18(20-10-12-24-13-11-20)9-8-15-6-7-16(25-15)14-19-26(22,23)17-4-2-1-3-5-17/h1-9,19H,10-14H2/b9-8+. The summed E-state index contributed by atoms with van der Waals surface area (Å²) in [6.45, 7) is 2.28. The van der Waals surface area contributed by atoms with Gasteiger partial charge in [-0.15, -0.1) is 0 Å². The van der Waals surface area contributed by atoms with Crippen LogP contribution in [-0.2, 0) is 26.1 Å². The fourth-order valence-electron chi connectivity index (χ4n) is 2.47. The third kappa shape index (κ3) is 4.81. The quantitative estimate of drug-likeness (QED) is 0.774. The average Bonchev–Trinajstić information content (AvgIpc) is 3.14. The van der Waals surface area contributed by atoms with Crippen LogP contribution in [0.25, 0.3) is 6.08 Å². The van der Waals surface area contributed by atoms with Gasteiger partial charge in [0, 0.05) is 19.2 Å². The number of hydrogen-bond acceptors (Lipinski definition) is 5. The van der Waals surface area contributed by atoms with Crippen molar-refractivity contribution in [3.63, 3.8) is 0 Å². The molecular formula is C18H20N2O5S. The second kappa shape index (κ2) is 8.31. The molecule has 0 atom stereocenters. The van der Waals surface area contributed by atoms with Crippen LogP contribution >= 0.6 is 0 Å². The summed E-state index contributed by atoms with van der Waals surface area (Å²) in [7, 11) is -3.59. The number of carbonyl (C=O) groups excluding carboxylic acids is 1. The van der Waals surface area contributed by atoms with E-state index in [1.807, 2.05) is 0 Å². The van der Waals surface area contributed by atoms with Crippen molar-refractivity contribution in [2.24, 2.45) is 0 Å². The summed E-state index contributed by atoms with van der Waals surface area (Å²) in [4.78, 5) is 13.9. The first-order chi connectivity index (χ1) is 12.5. The van der Waals surface area contributed by atoms with Crippen LogP contribution in [0.2, 0.25) is 0 Å². The van der Waals surface area contributed by atoms with E-state index in [2.05, 4.69) is 4.72 Å². The summed E-state index contributed by atoms with van der Waals surface area (Å²) >= 11 is 0. The van der Waals surface area contributed by atoms with Crippen LogP contribution in [0.1, 0.15) is 11.5 Å². The Kier molecular flexibility index (Phi) is 5.87. The van der Waals surface area contributed by atoms with Crippen molar-refractivity contribution < 1.29 is 22.4 Å². The van der Waals surface area contributed by atoms with Crippen molar-refractivity contribution in [1.82, 2.24) is 9.62 Å². The molecule has 1 saturated heterocycles. The Morgan fingerprint density at radius 1 is 1.12 bits per heavy atom. The third-order valence-corrected chi connectivity index (χ3v) is 5.30. The van der Waals surface area contributed by atoms with E-state index in [-0.39, 0.29) is 17.3 Å². The minimum Gasteiger partial charge on any atom is -0.460 e. The van der Waals surface area contributed by atoms with Gasteiger partial charge in [0.05, 0.1) is 24.7 Å². The molecule has 138 valence electrons. The SMILES string of the molecule is O=C(/C=C/c1ccc(CNS(=O)(=O)c2ccccc2)o1)N1CCOCC1. The lowest BCUT2D eigenvalue weighted by atomic mass is 10.3. The highest BCUT2D eigenvalue weighted by atomic mass is 32.2. The minimum absolute atomic E-state index is 0.0302. The molecule has 0 bridgehead atoms. The monoisotopic (exact) mass is 376 g/mol. The lowest BCUT2D eigenvalue weighted by molar-refractivity contribution is -0.129. The number of nitrogens with zero attached hydrogens (tertiary/aromatic N) is 1. The van der Waals surface area contributed by atoms with E-state index in [1.165, 1.54) is 18.2 Å². The Morgan fingerprint density at radius 3 is 2.58 bits per heavy atom. The molecule has 1 N–H and O–H groups in total. The van der Waals surface area contributed by atoms with Gasteiger partial charge in [-0.25, -0.2) is 13.1 Å². The normalized spacial score (nSPS) is 15.5. The lowest BCUT2D eigenvalue weighted by Crippen LogP contribution is -2.39. The number of benzene rings is 1. The zero-order chi connectivity index (χ0) is 18.4. The summed E-state index contributed by atoms with van der Waals surface area (Å²) in [6, 6.07) is 11.5. The van der Waals surface area contributed by atoms with E-state index >= 15 is 0 Å². The number of nitrogens with one attached hydrogen (secondary N) is 1. The van der Waals surface area contributed by atoms with E-state index in [9.17, 15) is 13.2 Å². The second-order valence-electron chi connectivity index (χ2n) is 5.71. The molecule has 0 saturated carbocycles. The summed E-state index contributed by atoms with van der Waals surface area (Å²) in [5, 5.41) is 0. The maximum Gasteiger partial charge on any atom is 0.246 e. The highest BCUT2D eigenvalue weighted by Crippen LogP contribution is 2.12. The van der Waals surface area contributed by atoms with Crippen molar-refractivity contribution in [2.75, 3.05) is 26.3 Å². The Bertz CT molecular complexity index is 868. The van der Waals surface area contributed by atoms with Crippen LogP contribution in [0.3, 0.4) is 0 Å². The molecule has 0 radical (unpaired) electrons. The van der Waals surface area contributed by atoms with Gasteiger partial charge in [0.2, 0.25) is 15.9 Å². The van der Waals surface area contributed by atoms with E-state index in [1.54, 1.807) is 41.3 Å². The van der Waals surface area contributed by atoms with Crippen molar-refractivity contribution in [1.29, 1.82) is 0 Å². The van der Waals surface area contributed by atoms with Crippen LogP contribution in [0.15, 0.2) is 57.9 Å². The number of carbonyl (C=O) groups is 1. The first-order valence-electron chi connectivity index (χ1n) is 8.23. The first kappa shape index (κ1) is 18.4. The molecule has 26 heavy (non-hydrogen) atoms. The molecule has 1 fully saturated rings. The Balaban J connectivity index is 1.56. The van der Waals surface area contributed by atoms with Gasteiger partial charge in [0.1, 0.15) is 11.5 Å².